The minimum Gasteiger partial charge on any atom is -0.478 e. The summed E-state index contributed by atoms with van der Waals surface area (Å²) in [6.45, 7) is 3.20. The molecule has 1 fully saturated rings. The van der Waals surface area contributed by atoms with E-state index in [0.717, 1.165) is 25.7 Å². The zero-order valence-electron chi connectivity index (χ0n) is 16.5. The maximum absolute atomic E-state index is 11.2. The van der Waals surface area contributed by atoms with Gasteiger partial charge >= 0.3 is 23.9 Å². The van der Waals surface area contributed by atoms with Gasteiger partial charge in [-0.25, -0.2) is 9.59 Å². The Kier molecular flexibility index (Phi) is 8.63. The van der Waals surface area contributed by atoms with Crippen molar-refractivity contribution in [1.82, 2.24) is 0 Å². The number of carbonyl (C=O) groups excluding carboxylic acids is 2. The molecule has 0 unspecified atom stereocenters. The van der Waals surface area contributed by atoms with Crippen LogP contribution in [0.1, 0.15) is 57.5 Å². The second-order valence-corrected chi connectivity index (χ2v) is 6.62. The molecule has 1 aliphatic rings. The highest BCUT2D eigenvalue weighted by Crippen LogP contribution is 2.30. The van der Waals surface area contributed by atoms with Crippen molar-refractivity contribution in [3.63, 3.8) is 0 Å². The van der Waals surface area contributed by atoms with Gasteiger partial charge in [-0.3, -0.25) is 9.59 Å². The van der Waals surface area contributed by atoms with Gasteiger partial charge in [0.15, 0.2) is 0 Å². The molecule has 0 aromatic heterocycles. The van der Waals surface area contributed by atoms with Crippen LogP contribution >= 0.6 is 0 Å². The van der Waals surface area contributed by atoms with Gasteiger partial charge in [0.2, 0.25) is 0 Å². The van der Waals surface area contributed by atoms with Crippen molar-refractivity contribution in [2.75, 3.05) is 14.2 Å². The highest BCUT2D eigenvalue weighted by atomic mass is 16.5. The molecule has 1 saturated carbocycles. The number of ether oxygens (including phenoxy) is 2. The number of methoxy groups -OCH3 is 2. The molecule has 0 heterocycles. The molecule has 154 valence electrons. The molecule has 1 aromatic carbocycles. The number of carbonyl (C=O) groups is 4. The van der Waals surface area contributed by atoms with Gasteiger partial charge in [-0.1, -0.05) is 0 Å². The average molecular weight is 394 g/mol. The Bertz CT molecular complexity index is 682. The lowest BCUT2D eigenvalue weighted by molar-refractivity contribution is -0.151. The lowest BCUT2D eigenvalue weighted by atomic mass is 9.82. The predicted octanol–water partition coefficient (Wildman–Crippen LogP) is 2.84. The Balaban J connectivity index is 0.000000280. The summed E-state index contributed by atoms with van der Waals surface area (Å²) in [5.41, 5.74) is 1.29. The molecule has 0 saturated heterocycles. The molecule has 1 aromatic rings. The Morgan fingerprint density at radius 2 is 1.04 bits per heavy atom. The molecule has 0 atom stereocenters. The lowest BCUT2D eigenvalue weighted by Crippen LogP contribution is -2.27. The molecule has 8 heteroatoms. The Morgan fingerprint density at radius 3 is 1.25 bits per heavy atom. The van der Waals surface area contributed by atoms with E-state index in [1.807, 2.05) is 0 Å². The van der Waals surface area contributed by atoms with Crippen molar-refractivity contribution >= 4 is 23.9 Å². The van der Waals surface area contributed by atoms with Gasteiger partial charge in [-0.05, 0) is 62.8 Å². The van der Waals surface area contributed by atoms with E-state index < -0.39 is 11.9 Å². The minimum atomic E-state index is -1.04. The number of carboxylic acids is 2. The van der Waals surface area contributed by atoms with Gasteiger partial charge < -0.3 is 19.7 Å². The van der Waals surface area contributed by atoms with Crippen molar-refractivity contribution in [3.05, 3.63) is 34.4 Å². The Morgan fingerprint density at radius 1 is 0.750 bits per heavy atom. The van der Waals surface area contributed by atoms with Gasteiger partial charge in [0.1, 0.15) is 0 Å². The van der Waals surface area contributed by atoms with Crippen LogP contribution in [0.4, 0.5) is 0 Å². The zero-order valence-corrected chi connectivity index (χ0v) is 16.5. The molecule has 28 heavy (non-hydrogen) atoms. The quantitative estimate of drug-likeness (QED) is 0.746. The van der Waals surface area contributed by atoms with E-state index in [1.165, 1.54) is 26.4 Å². The number of rotatable bonds is 4. The summed E-state index contributed by atoms with van der Waals surface area (Å²) in [6, 6.07) is 2.63. The van der Waals surface area contributed by atoms with E-state index in [1.54, 1.807) is 13.8 Å². The lowest BCUT2D eigenvalue weighted by Gasteiger charge is -2.24. The Hall–Kier alpha value is -2.90. The maximum Gasteiger partial charge on any atom is 0.335 e. The van der Waals surface area contributed by atoms with Crippen LogP contribution in [0.2, 0.25) is 0 Å². The molecule has 1 aliphatic carbocycles. The molecule has 0 bridgehead atoms. The number of hydrogen-bond donors (Lipinski definition) is 2. The monoisotopic (exact) mass is 394 g/mol. The summed E-state index contributed by atoms with van der Waals surface area (Å²) in [5.74, 6) is -2.45. The van der Waals surface area contributed by atoms with Crippen LogP contribution in [-0.4, -0.2) is 48.3 Å². The van der Waals surface area contributed by atoms with Crippen LogP contribution in [0, 0.1) is 25.7 Å². The van der Waals surface area contributed by atoms with Gasteiger partial charge in [0.25, 0.3) is 0 Å². The van der Waals surface area contributed by atoms with Crippen LogP contribution in [0.5, 0.6) is 0 Å². The van der Waals surface area contributed by atoms with Crippen molar-refractivity contribution in [1.29, 1.82) is 0 Å². The van der Waals surface area contributed by atoms with Crippen LogP contribution in [-0.2, 0) is 19.1 Å². The fraction of sp³-hybridized carbons (Fsp3) is 0.500. The fourth-order valence-electron chi connectivity index (χ4n) is 3.18. The molecule has 2 rings (SSSR count). The van der Waals surface area contributed by atoms with Crippen LogP contribution in [0.3, 0.4) is 0 Å². The predicted molar refractivity (Wildman–Crippen MR) is 99.3 cm³/mol. The standard InChI is InChI=1S/C10H16O4.C10H10O4/c1-13-9(11)7-3-5-8(6-4-7)10(12)14-2;1-5-6(2)8(10(13)14)4-3-7(5)9(11)12/h7-8H,3-6H2,1-2H3;3-4H,1-2H3,(H,11,12)(H,13,14). The number of benzene rings is 1. The fourth-order valence-corrected chi connectivity index (χ4v) is 3.18. The van der Waals surface area contributed by atoms with Crippen molar-refractivity contribution in [3.8, 4) is 0 Å². The first-order valence-corrected chi connectivity index (χ1v) is 8.86. The van der Waals surface area contributed by atoms with E-state index in [4.69, 9.17) is 10.2 Å². The molecular weight excluding hydrogens is 368 g/mol. The first-order valence-electron chi connectivity index (χ1n) is 8.86. The van der Waals surface area contributed by atoms with E-state index in [-0.39, 0.29) is 34.9 Å². The summed E-state index contributed by atoms with van der Waals surface area (Å²) in [6.07, 6.45) is 2.91. The smallest absolute Gasteiger partial charge is 0.335 e. The number of aromatic carboxylic acids is 2. The minimum absolute atomic E-state index is 0.0269. The van der Waals surface area contributed by atoms with Crippen LogP contribution in [0.25, 0.3) is 0 Å². The van der Waals surface area contributed by atoms with E-state index in [0.29, 0.717) is 11.1 Å². The average Bonchev–Trinajstić information content (AvgIpc) is 2.68. The molecule has 0 radical (unpaired) electrons. The number of esters is 2. The summed E-state index contributed by atoms with van der Waals surface area (Å²) in [7, 11) is 2.80. The zero-order chi connectivity index (χ0) is 21.4. The normalized spacial score (nSPS) is 18.3. The summed E-state index contributed by atoms with van der Waals surface area (Å²) < 4.78 is 9.31. The van der Waals surface area contributed by atoms with Crippen molar-refractivity contribution in [2.24, 2.45) is 11.8 Å². The van der Waals surface area contributed by atoms with Gasteiger partial charge in [-0.15, -0.1) is 0 Å². The van der Waals surface area contributed by atoms with Gasteiger partial charge in [-0.2, -0.15) is 0 Å². The first kappa shape index (κ1) is 23.1. The number of hydrogen-bond acceptors (Lipinski definition) is 6. The summed E-state index contributed by atoms with van der Waals surface area (Å²) in [5, 5.41) is 17.5. The number of carboxylic acid groups (broad SMARTS) is 2. The van der Waals surface area contributed by atoms with Crippen LogP contribution in [0.15, 0.2) is 12.1 Å². The molecule has 0 spiro atoms. The molecular formula is C20H26O8. The first-order chi connectivity index (χ1) is 13.1. The second kappa shape index (κ2) is 10.4. The van der Waals surface area contributed by atoms with Crippen LogP contribution < -0.4 is 0 Å². The second-order valence-electron chi connectivity index (χ2n) is 6.62. The Labute approximate surface area is 163 Å². The third kappa shape index (κ3) is 5.80. The largest absolute Gasteiger partial charge is 0.478 e. The third-order valence-corrected chi connectivity index (χ3v) is 5.04. The molecule has 8 nitrogen and oxygen atoms in total. The topological polar surface area (TPSA) is 127 Å². The highest BCUT2D eigenvalue weighted by Gasteiger charge is 2.30. The molecule has 0 amide bonds. The van der Waals surface area contributed by atoms with Crippen molar-refractivity contribution in [2.45, 2.75) is 39.5 Å². The third-order valence-electron chi connectivity index (χ3n) is 5.04. The molecule has 2 N–H and O–H groups in total. The van der Waals surface area contributed by atoms with Gasteiger partial charge in [0, 0.05) is 0 Å². The van der Waals surface area contributed by atoms with E-state index >= 15 is 0 Å². The SMILES string of the molecule is COC(=O)C1CCC(C(=O)OC)CC1.Cc1c(C(=O)O)ccc(C(=O)O)c1C. The summed E-state index contributed by atoms with van der Waals surface area (Å²) >= 11 is 0. The summed E-state index contributed by atoms with van der Waals surface area (Å²) in [4.78, 5) is 43.8. The van der Waals surface area contributed by atoms with E-state index in [9.17, 15) is 19.2 Å². The maximum atomic E-state index is 11.2. The van der Waals surface area contributed by atoms with Gasteiger partial charge in [0.05, 0.1) is 37.2 Å². The highest BCUT2D eigenvalue weighted by molar-refractivity contribution is 5.94. The van der Waals surface area contributed by atoms with E-state index in [2.05, 4.69) is 9.47 Å². The van der Waals surface area contributed by atoms with Crippen molar-refractivity contribution < 1.29 is 38.9 Å². The molecule has 0 aliphatic heterocycles.